The van der Waals surface area contributed by atoms with Gasteiger partial charge in [0.2, 0.25) is 0 Å². The first-order valence-electron chi connectivity index (χ1n) is 9.27. The summed E-state index contributed by atoms with van der Waals surface area (Å²) in [5.74, 6) is 11.5. The van der Waals surface area contributed by atoms with Gasteiger partial charge in [-0.15, -0.1) is 0 Å². The molecule has 2 aliphatic rings. The van der Waals surface area contributed by atoms with Crippen LogP contribution in [0.25, 0.3) is 0 Å². The summed E-state index contributed by atoms with van der Waals surface area (Å²) in [6.45, 7) is 11.1. The van der Waals surface area contributed by atoms with Crippen LogP contribution in [0.2, 0.25) is 18.1 Å². The van der Waals surface area contributed by atoms with E-state index in [0.717, 1.165) is 5.57 Å². The Morgan fingerprint density at radius 1 is 1.15 bits per heavy atom. The molecule has 0 N–H and O–H groups in total. The number of carbonyl (C=O) groups excluding carboxylic acids is 1. The number of rotatable bonds is 4. The number of ether oxygens (including phenoxy) is 2. The number of fused-ring (bicyclic) bond motifs is 2. The molecule has 0 fully saturated rings. The van der Waals surface area contributed by atoms with E-state index < -0.39 is 20.3 Å². The molecule has 0 radical (unpaired) electrons. The normalized spacial score (nSPS) is 28.6. The Labute approximate surface area is 164 Å². The molecule has 2 bridgehead atoms. The Morgan fingerprint density at radius 3 is 2.33 bits per heavy atom. The quantitative estimate of drug-likeness (QED) is 0.320. The highest BCUT2D eigenvalue weighted by Crippen LogP contribution is 2.40. The molecule has 27 heavy (non-hydrogen) atoms. The Hall–Kier alpha value is -1.79. The lowest BCUT2D eigenvalue weighted by Crippen LogP contribution is -2.46. The van der Waals surface area contributed by atoms with Gasteiger partial charge in [0.25, 0.3) is 0 Å². The predicted octanol–water partition coefficient (Wildman–Crippen LogP) is 3.70. The van der Waals surface area contributed by atoms with Crippen LogP contribution in [0.1, 0.15) is 27.2 Å². The second kappa shape index (κ2) is 8.48. The summed E-state index contributed by atoms with van der Waals surface area (Å²) < 4.78 is 17.2. The molecule has 0 saturated heterocycles. The molecule has 0 aromatic heterocycles. The van der Waals surface area contributed by atoms with E-state index >= 15 is 0 Å². The van der Waals surface area contributed by atoms with Gasteiger partial charge in [0.1, 0.15) is 12.0 Å². The van der Waals surface area contributed by atoms with E-state index in [9.17, 15) is 4.79 Å². The molecular weight excluding hydrogens is 356 g/mol. The fraction of sp³-hybridized carbons (Fsp3) is 0.591. The second-order valence-electron chi connectivity index (χ2n) is 8.47. The SMILES string of the molecule is COC(=O)[C@@H]1C2C#C/C=C\C#C[C@H](O[Si](C)(C)C(C)(C)C)C(=C[C@H]1OC)C2. The third-order valence-electron chi connectivity index (χ3n) is 5.66. The van der Waals surface area contributed by atoms with Gasteiger partial charge in [0.05, 0.1) is 13.2 Å². The van der Waals surface area contributed by atoms with Crippen molar-refractivity contribution in [3.63, 3.8) is 0 Å². The van der Waals surface area contributed by atoms with Gasteiger partial charge in [-0.3, -0.25) is 4.79 Å². The molecular formula is C22H30O4Si. The summed E-state index contributed by atoms with van der Waals surface area (Å²) in [7, 11) is 0.972. The summed E-state index contributed by atoms with van der Waals surface area (Å²) in [5.41, 5.74) is 1.04. The molecule has 0 spiro atoms. The Morgan fingerprint density at radius 2 is 1.78 bits per heavy atom. The van der Waals surface area contributed by atoms with Crippen molar-refractivity contribution in [3.05, 3.63) is 23.8 Å². The monoisotopic (exact) mass is 386 g/mol. The zero-order valence-electron chi connectivity index (χ0n) is 17.4. The van der Waals surface area contributed by atoms with E-state index in [4.69, 9.17) is 13.9 Å². The number of methoxy groups -OCH3 is 2. The van der Waals surface area contributed by atoms with Crippen molar-refractivity contribution in [1.29, 1.82) is 0 Å². The number of hydrogen-bond acceptors (Lipinski definition) is 4. The van der Waals surface area contributed by atoms with Crippen LogP contribution in [-0.2, 0) is 18.7 Å². The topological polar surface area (TPSA) is 44.8 Å². The zero-order valence-corrected chi connectivity index (χ0v) is 18.4. The average Bonchev–Trinajstić information content (AvgIpc) is 2.60. The maximum Gasteiger partial charge on any atom is 0.312 e. The molecule has 146 valence electrons. The smallest absolute Gasteiger partial charge is 0.312 e. The van der Waals surface area contributed by atoms with Crippen molar-refractivity contribution < 1.29 is 18.7 Å². The molecule has 0 heterocycles. The Balaban J connectivity index is 2.48. The molecule has 0 saturated carbocycles. The maximum atomic E-state index is 12.4. The average molecular weight is 387 g/mol. The van der Waals surface area contributed by atoms with E-state index in [2.05, 4.69) is 57.5 Å². The predicted molar refractivity (Wildman–Crippen MR) is 109 cm³/mol. The van der Waals surface area contributed by atoms with Crippen LogP contribution in [0.4, 0.5) is 0 Å². The number of carbonyl (C=O) groups is 1. The fourth-order valence-electron chi connectivity index (χ4n) is 3.01. The van der Waals surface area contributed by atoms with Crippen LogP contribution in [0.5, 0.6) is 0 Å². The van der Waals surface area contributed by atoms with Gasteiger partial charge in [-0.05, 0) is 42.3 Å². The van der Waals surface area contributed by atoms with Crippen LogP contribution in [0.3, 0.4) is 0 Å². The van der Waals surface area contributed by atoms with E-state index in [0.29, 0.717) is 6.42 Å². The lowest BCUT2D eigenvalue weighted by molar-refractivity contribution is -0.151. The highest BCUT2D eigenvalue weighted by molar-refractivity contribution is 6.74. The number of esters is 1. The van der Waals surface area contributed by atoms with Gasteiger partial charge in [-0.1, -0.05) is 50.5 Å². The first-order chi connectivity index (χ1) is 12.6. The zero-order chi connectivity index (χ0) is 20.2. The number of allylic oxidation sites excluding steroid dienone is 2. The fourth-order valence-corrected chi connectivity index (χ4v) is 4.16. The first kappa shape index (κ1) is 21.5. The highest BCUT2D eigenvalue weighted by Gasteiger charge is 2.43. The summed E-state index contributed by atoms with van der Waals surface area (Å²) in [5, 5.41) is 0.0729. The van der Waals surface area contributed by atoms with E-state index in [1.54, 1.807) is 19.3 Å². The van der Waals surface area contributed by atoms with Gasteiger partial charge in [-0.2, -0.15) is 0 Å². The van der Waals surface area contributed by atoms with Crippen LogP contribution in [-0.4, -0.2) is 40.7 Å². The molecule has 0 aromatic carbocycles. The first-order valence-corrected chi connectivity index (χ1v) is 12.2. The van der Waals surface area contributed by atoms with E-state index in [-0.39, 0.29) is 23.0 Å². The third-order valence-corrected chi connectivity index (χ3v) is 10.1. The van der Waals surface area contributed by atoms with Gasteiger partial charge in [0, 0.05) is 13.0 Å². The molecule has 0 amide bonds. The highest BCUT2D eigenvalue weighted by atomic mass is 28.4. The van der Waals surface area contributed by atoms with Crippen molar-refractivity contribution in [2.75, 3.05) is 14.2 Å². The van der Waals surface area contributed by atoms with Crippen LogP contribution in [0.15, 0.2) is 23.8 Å². The minimum Gasteiger partial charge on any atom is -0.469 e. The molecule has 5 heteroatoms. The maximum absolute atomic E-state index is 12.4. The summed E-state index contributed by atoms with van der Waals surface area (Å²) in [4.78, 5) is 12.4. The molecule has 2 aliphatic carbocycles. The minimum atomic E-state index is -2.03. The van der Waals surface area contributed by atoms with Gasteiger partial charge < -0.3 is 13.9 Å². The van der Waals surface area contributed by atoms with Gasteiger partial charge in [0.15, 0.2) is 8.32 Å². The summed E-state index contributed by atoms with van der Waals surface area (Å²) in [6, 6.07) is 0. The second-order valence-corrected chi connectivity index (χ2v) is 13.2. The van der Waals surface area contributed by atoms with Crippen molar-refractivity contribution in [2.45, 2.75) is 57.5 Å². The van der Waals surface area contributed by atoms with Crippen molar-refractivity contribution in [1.82, 2.24) is 0 Å². The number of hydrogen-bond donors (Lipinski definition) is 0. The van der Waals surface area contributed by atoms with Crippen LogP contribution < -0.4 is 0 Å². The van der Waals surface area contributed by atoms with Crippen molar-refractivity contribution >= 4 is 14.3 Å². The molecule has 1 unspecified atom stereocenters. The lowest BCUT2D eigenvalue weighted by atomic mass is 9.76. The van der Waals surface area contributed by atoms with Crippen LogP contribution in [0, 0.1) is 35.5 Å². The molecule has 0 aliphatic heterocycles. The lowest BCUT2D eigenvalue weighted by Gasteiger charge is -2.40. The molecule has 4 nitrogen and oxygen atoms in total. The molecule has 0 aromatic rings. The Bertz CT molecular complexity index is 749. The largest absolute Gasteiger partial charge is 0.469 e. The third kappa shape index (κ3) is 4.93. The molecule has 4 atom stereocenters. The summed E-state index contributed by atoms with van der Waals surface area (Å²) in [6.07, 6.45) is 5.32. The van der Waals surface area contributed by atoms with E-state index in [1.165, 1.54) is 7.11 Å². The Kier molecular flexibility index (Phi) is 6.76. The van der Waals surface area contributed by atoms with Gasteiger partial charge >= 0.3 is 5.97 Å². The minimum absolute atomic E-state index is 0.0729. The van der Waals surface area contributed by atoms with Crippen molar-refractivity contribution in [3.8, 4) is 23.7 Å². The standard InChI is InChI=1S/C22H30O4Si/c1-22(2,3)27(6,7)26-18-13-11-9-8-10-12-16-14-17(18)15-19(24-4)20(16)21(23)25-5/h8-9,15-16,18-20H,14H2,1-7H3/b9-8-/t16?,18-,19+,20+/m0/s1. The van der Waals surface area contributed by atoms with Gasteiger partial charge in [-0.25, -0.2) is 0 Å². The van der Waals surface area contributed by atoms with Crippen LogP contribution >= 0.6 is 0 Å². The van der Waals surface area contributed by atoms with E-state index in [1.807, 2.05) is 6.08 Å². The summed E-state index contributed by atoms with van der Waals surface area (Å²) >= 11 is 0. The molecule has 2 rings (SSSR count). The van der Waals surface area contributed by atoms with Crippen molar-refractivity contribution in [2.24, 2.45) is 11.8 Å².